The largest absolute Gasteiger partial charge is 0.493 e. The second-order valence-electron chi connectivity index (χ2n) is 10.9. The monoisotopic (exact) mass is 604 g/mol. The molecule has 1 atom stereocenters. The molecule has 0 bridgehead atoms. The summed E-state index contributed by atoms with van der Waals surface area (Å²) < 4.78 is 75.9. The zero-order valence-corrected chi connectivity index (χ0v) is 23.8. The van der Waals surface area contributed by atoms with Gasteiger partial charge in [-0.1, -0.05) is 29.8 Å². The number of aliphatic hydroxyl groups is 1. The third-order valence-corrected chi connectivity index (χ3v) is 10.8. The van der Waals surface area contributed by atoms with Crippen LogP contribution in [0.5, 0.6) is 5.75 Å². The Hall–Kier alpha value is -1.92. The summed E-state index contributed by atoms with van der Waals surface area (Å²) in [5, 5.41) is 11.9. The van der Waals surface area contributed by atoms with E-state index in [1.54, 1.807) is 44.2 Å². The summed E-state index contributed by atoms with van der Waals surface area (Å²) in [5.74, 6) is 0.413. The number of hydrogen-bond donors (Lipinski definition) is 3. The Kier molecular flexibility index (Phi) is 6.69. The molecule has 6 nitrogen and oxygen atoms in total. The van der Waals surface area contributed by atoms with Gasteiger partial charge in [0.25, 0.3) is 0 Å². The predicted molar refractivity (Wildman–Crippen MR) is 143 cm³/mol. The number of hydrogen-bond acceptors (Lipinski definition) is 3. The smallest absolute Gasteiger partial charge is 0.417 e. The summed E-state index contributed by atoms with van der Waals surface area (Å²) in [6, 6.07) is 9.97. The van der Waals surface area contributed by atoms with Crippen molar-refractivity contribution in [3.8, 4) is 5.75 Å². The van der Waals surface area contributed by atoms with Crippen molar-refractivity contribution in [3.63, 3.8) is 0 Å². The van der Waals surface area contributed by atoms with Gasteiger partial charge in [-0.2, -0.15) is 17.4 Å². The minimum absolute atomic E-state index is 0.103. The third-order valence-electron chi connectivity index (χ3n) is 7.27. The summed E-state index contributed by atoms with van der Waals surface area (Å²) >= 11 is 3.36. The van der Waals surface area contributed by atoms with Crippen LogP contribution in [-0.4, -0.2) is 61.9 Å². The van der Waals surface area contributed by atoms with Crippen molar-refractivity contribution in [2.24, 2.45) is 0 Å². The number of aromatic amines is 1. The number of nitrogens with one attached hydrogen (secondary N) is 1. The quantitative estimate of drug-likeness (QED) is 0.317. The van der Waals surface area contributed by atoms with E-state index in [1.807, 2.05) is 0 Å². The minimum atomic E-state index is -4.94. The number of benzene rings is 2. The first-order valence-electron chi connectivity index (χ1n) is 11.7. The molecule has 37 heavy (non-hydrogen) atoms. The molecule has 204 valence electrons. The van der Waals surface area contributed by atoms with Crippen molar-refractivity contribution in [2.45, 2.75) is 55.2 Å². The highest BCUT2D eigenvalue weighted by atomic mass is 79.9. The fraction of sp³-hybridized carbons (Fsp3) is 0.462. The van der Waals surface area contributed by atoms with Crippen LogP contribution in [0.1, 0.15) is 37.1 Å². The molecule has 11 heteroatoms. The van der Waals surface area contributed by atoms with Gasteiger partial charge in [0.1, 0.15) is 5.75 Å². The Bertz CT molecular complexity index is 1430. The number of aromatic nitrogens is 1. The van der Waals surface area contributed by atoms with E-state index in [0.29, 0.717) is 35.4 Å². The lowest BCUT2D eigenvalue weighted by Gasteiger charge is -2.46. The summed E-state index contributed by atoms with van der Waals surface area (Å²) in [6.45, 7) is 3.50. The molecule has 1 aliphatic heterocycles. The average Bonchev–Trinajstić information content (AvgIpc) is 3.36. The summed E-state index contributed by atoms with van der Waals surface area (Å²) in [4.78, 5) is 3.09. The van der Waals surface area contributed by atoms with E-state index >= 15 is 0 Å². The molecule has 3 N–H and O–H groups in total. The van der Waals surface area contributed by atoms with Gasteiger partial charge >= 0.3 is 6.18 Å². The molecular weight excluding hydrogens is 573 g/mol. The minimum Gasteiger partial charge on any atom is -0.493 e. The molecule has 0 saturated heterocycles. The van der Waals surface area contributed by atoms with E-state index in [0.717, 1.165) is 9.86 Å². The molecule has 3 aromatic rings. The maximum atomic E-state index is 14.5. The van der Waals surface area contributed by atoms with E-state index in [4.69, 9.17) is 4.74 Å². The van der Waals surface area contributed by atoms with Gasteiger partial charge < -0.3 is 14.8 Å². The van der Waals surface area contributed by atoms with E-state index in [9.17, 15) is 27.0 Å². The Morgan fingerprint density at radius 2 is 1.84 bits per heavy atom. The second kappa shape index (κ2) is 8.81. The number of fused-ring (bicyclic) bond motifs is 2. The highest BCUT2D eigenvalue weighted by Gasteiger charge is 2.56. The lowest BCUT2D eigenvalue weighted by Crippen LogP contribution is -2.51. The number of H-pyrrole nitrogens is 1. The molecule has 1 unspecified atom stereocenters. The van der Waals surface area contributed by atoms with Gasteiger partial charge in [-0.05, 0) is 53.8 Å². The molecule has 4 rings (SSSR count). The van der Waals surface area contributed by atoms with E-state index in [2.05, 4.69) is 20.9 Å². The first kappa shape index (κ1) is 28.1. The first-order valence-corrected chi connectivity index (χ1v) is 14.8. The maximum Gasteiger partial charge on any atom is 0.417 e. The van der Waals surface area contributed by atoms with Crippen LogP contribution in [0.2, 0.25) is 0 Å². The van der Waals surface area contributed by atoms with Crippen LogP contribution in [0.15, 0.2) is 45.8 Å². The zero-order valence-electron chi connectivity index (χ0n) is 21.4. The fourth-order valence-electron chi connectivity index (χ4n) is 4.93. The maximum absolute atomic E-state index is 14.5. The SMILES string of the molecule is CN(C)S(C)(=O)(O)c1cc2c(c(C(C)(C)CC(O)(Cc3cc4cc(Br)ccc4[nH]3)C(F)(F)F)c1)OCC2. The first-order chi connectivity index (χ1) is 16.8. The van der Waals surface area contributed by atoms with Crippen molar-refractivity contribution in [1.82, 2.24) is 9.29 Å². The number of alkyl halides is 3. The standard InChI is InChI=1S/C26H32BrF3N2O4S/c1-24(2,21-13-20(37(5,34,35)32(3)4)12-16-8-9-36-23(16)21)15-25(33,26(28,29)30)14-19-11-17-10-18(27)6-7-22(17)31-19/h6-7,10-13,31,33H,8-9,14-15H2,1-5H3,(H,34,35). The summed E-state index contributed by atoms with van der Waals surface area (Å²) in [6.07, 6.45) is -4.63. The van der Waals surface area contributed by atoms with E-state index in [-0.39, 0.29) is 10.6 Å². The van der Waals surface area contributed by atoms with Crippen molar-refractivity contribution in [2.75, 3.05) is 27.0 Å². The van der Waals surface area contributed by atoms with E-state index < -0.39 is 39.6 Å². The number of rotatable bonds is 7. The summed E-state index contributed by atoms with van der Waals surface area (Å²) in [5.41, 5.74) is -2.42. The van der Waals surface area contributed by atoms with Gasteiger partial charge in [-0.15, -0.1) is 9.53 Å². The van der Waals surface area contributed by atoms with Crippen LogP contribution < -0.4 is 4.74 Å². The molecule has 0 spiro atoms. The van der Waals surface area contributed by atoms with Gasteiger partial charge in [0.05, 0.1) is 11.5 Å². The van der Waals surface area contributed by atoms with Gasteiger partial charge in [-0.25, -0.2) is 4.31 Å². The van der Waals surface area contributed by atoms with Crippen LogP contribution in [0.3, 0.4) is 0 Å². The Labute approximate surface area is 222 Å². The summed E-state index contributed by atoms with van der Waals surface area (Å²) in [7, 11) is -1.50. The molecule has 0 amide bonds. The zero-order chi connectivity index (χ0) is 27.6. The van der Waals surface area contributed by atoms with Crippen molar-refractivity contribution < 1.29 is 31.8 Å². The van der Waals surface area contributed by atoms with Crippen molar-refractivity contribution >= 4 is 36.4 Å². The Morgan fingerprint density at radius 1 is 1.16 bits per heavy atom. The highest BCUT2D eigenvalue weighted by Crippen LogP contribution is 2.48. The molecule has 0 aliphatic carbocycles. The third kappa shape index (κ3) is 5.08. The molecule has 1 aliphatic rings. The lowest BCUT2D eigenvalue weighted by molar-refractivity contribution is -0.266. The van der Waals surface area contributed by atoms with Crippen LogP contribution in [0.4, 0.5) is 13.2 Å². The molecule has 2 heterocycles. The van der Waals surface area contributed by atoms with Crippen LogP contribution in [0.25, 0.3) is 10.9 Å². The van der Waals surface area contributed by atoms with Crippen LogP contribution in [0, 0.1) is 0 Å². The second-order valence-corrected chi connectivity index (χ2v) is 15.5. The normalized spacial score (nSPS) is 17.4. The van der Waals surface area contributed by atoms with Crippen LogP contribution >= 0.6 is 15.9 Å². The van der Waals surface area contributed by atoms with Gasteiger partial charge in [-0.3, -0.25) is 4.55 Å². The molecule has 1 aromatic heterocycles. The predicted octanol–water partition coefficient (Wildman–Crippen LogP) is 5.83. The lowest BCUT2D eigenvalue weighted by atomic mass is 9.73. The Balaban J connectivity index is 1.78. The topological polar surface area (TPSA) is 85.8 Å². The molecule has 2 aromatic carbocycles. The van der Waals surface area contributed by atoms with Gasteiger partial charge in [0.2, 0.25) is 0 Å². The van der Waals surface area contributed by atoms with Crippen LogP contribution in [-0.2, 0) is 27.8 Å². The highest BCUT2D eigenvalue weighted by molar-refractivity contribution is 9.10. The number of halogens is 4. The Morgan fingerprint density at radius 3 is 2.46 bits per heavy atom. The van der Waals surface area contributed by atoms with Crippen molar-refractivity contribution in [1.29, 1.82) is 0 Å². The van der Waals surface area contributed by atoms with E-state index in [1.165, 1.54) is 30.7 Å². The van der Waals surface area contributed by atoms with Crippen molar-refractivity contribution in [3.05, 3.63) is 57.7 Å². The van der Waals surface area contributed by atoms with Gasteiger partial charge in [0, 0.05) is 59.8 Å². The van der Waals surface area contributed by atoms with Gasteiger partial charge in [0.15, 0.2) is 5.60 Å². The number of ether oxygens (including phenoxy) is 1. The molecule has 0 fully saturated rings. The fourth-order valence-corrected chi connectivity index (χ4v) is 6.53. The molecule has 0 saturated carbocycles. The average molecular weight is 606 g/mol. The number of nitrogens with zero attached hydrogens (tertiary/aromatic N) is 1. The molecular formula is C26H32BrF3N2O4S. The molecule has 0 radical (unpaired) electrons.